The van der Waals surface area contributed by atoms with E-state index in [2.05, 4.69) is 20.9 Å². The Morgan fingerprint density at radius 2 is 1.93 bits per heavy atom. The van der Waals surface area contributed by atoms with Gasteiger partial charge in [-0.25, -0.2) is 13.1 Å². The fourth-order valence-electron chi connectivity index (χ4n) is 3.50. The van der Waals surface area contributed by atoms with Gasteiger partial charge in [-0.15, -0.1) is 0 Å². The maximum absolute atomic E-state index is 12.9. The highest BCUT2D eigenvalue weighted by Gasteiger charge is 2.24. The highest BCUT2D eigenvalue weighted by atomic mass is 32.2. The summed E-state index contributed by atoms with van der Waals surface area (Å²) in [4.78, 5) is 18.5. The third-order valence-electron chi connectivity index (χ3n) is 5.16. The van der Waals surface area contributed by atoms with Crippen LogP contribution in [0.4, 0.5) is 0 Å². The zero-order valence-electron chi connectivity index (χ0n) is 16.8. The van der Waals surface area contributed by atoms with Gasteiger partial charge in [-0.1, -0.05) is 41.6 Å². The number of rotatable bonds is 5. The number of nitrogens with one attached hydrogen (secondary N) is 1. The molecule has 0 spiro atoms. The zero-order valence-corrected chi connectivity index (χ0v) is 17.6. The van der Waals surface area contributed by atoms with E-state index in [0.29, 0.717) is 35.9 Å². The average molecular weight is 426 g/mol. The van der Waals surface area contributed by atoms with Crippen LogP contribution in [0.25, 0.3) is 11.4 Å². The minimum Gasteiger partial charge on any atom is -0.339 e. The number of fused-ring (bicyclic) bond motifs is 1. The molecular weight excluding hydrogens is 404 g/mol. The Hall–Kier alpha value is -3.04. The molecule has 1 aliphatic heterocycles. The predicted molar refractivity (Wildman–Crippen MR) is 110 cm³/mol. The third-order valence-corrected chi connectivity index (χ3v) is 6.70. The van der Waals surface area contributed by atoms with E-state index < -0.39 is 10.0 Å². The molecule has 4 rings (SSSR count). The first kappa shape index (κ1) is 20.2. The van der Waals surface area contributed by atoms with Gasteiger partial charge in [-0.05, 0) is 36.1 Å². The molecule has 0 bridgehead atoms. The van der Waals surface area contributed by atoms with Crippen molar-refractivity contribution in [2.24, 2.45) is 0 Å². The van der Waals surface area contributed by atoms with Crippen molar-refractivity contribution in [2.75, 3.05) is 13.1 Å². The van der Waals surface area contributed by atoms with Crippen LogP contribution in [0.3, 0.4) is 0 Å². The highest BCUT2D eigenvalue weighted by molar-refractivity contribution is 7.89. The summed E-state index contributed by atoms with van der Waals surface area (Å²) in [6.45, 7) is 4.12. The van der Waals surface area contributed by atoms with E-state index in [4.69, 9.17) is 4.52 Å². The van der Waals surface area contributed by atoms with Crippen LogP contribution in [-0.4, -0.2) is 42.5 Å². The van der Waals surface area contributed by atoms with Crippen LogP contribution >= 0.6 is 0 Å². The second kappa shape index (κ2) is 8.00. The molecule has 0 saturated carbocycles. The number of benzene rings is 2. The quantitative estimate of drug-likeness (QED) is 0.671. The van der Waals surface area contributed by atoms with Crippen molar-refractivity contribution < 1.29 is 17.7 Å². The Kier molecular flexibility index (Phi) is 5.40. The number of carbonyl (C=O) groups is 1. The molecule has 9 heteroatoms. The Morgan fingerprint density at radius 1 is 1.17 bits per heavy atom. The lowest BCUT2D eigenvalue weighted by molar-refractivity contribution is -0.130. The molecule has 1 aliphatic rings. The van der Waals surface area contributed by atoms with E-state index in [1.54, 1.807) is 30.9 Å². The number of carbonyl (C=O) groups excluding carboxylic acids is 1. The summed E-state index contributed by atoms with van der Waals surface area (Å²) in [5.41, 5.74) is 3.41. The van der Waals surface area contributed by atoms with Gasteiger partial charge in [0, 0.05) is 25.6 Å². The van der Waals surface area contributed by atoms with Crippen LogP contribution in [-0.2, 0) is 27.8 Å². The van der Waals surface area contributed by atoms with Gasteiger partial charge < -0.3 is 9.42 Å². The van der Waals surface area contributed by atoms with Crippen molar-refractivity contribution in [1.82, 2.24) is 19.8 Å². The van der Waals surface area contributed by atoms with Crippen molar-refractivity contribution in [3.05, 3.63) is 65.0 Å². The lowest BCUT2D eigenvalue weighted by atomic mass is 10.00. The number of hydrogen-bond donors (Lipinski definition) is 1. The van der Waals surface area contributed by atoms with Crippen LogP contribution in [0.1, 0.15) is 22.6 Å². The zero-order chi connectivity index (χ0) is 21.3. The normalized spacial score (nSPS) is 13.9. The molecule has 156 valence electrons. The SMILES string of the molecule is Cc1nc(-c2ccc(C)c(S(=O)(=O)NCC(=O)N3CCc4ccccc4C3)c2)no1. The summed E-state index contributed by atoms with van der Waals surface area (Å²) in [7, 11) is -3.89. The van der Waals surface area contributed by atoms with Crippen molar-refractivity contribution in [3.63, 3.8) is 0 Å². The molecule has 3 aromatic rings. The molecule has 8 nitrogen and oxygen atoms in total. The minimum absolute atomic E-state index is 0.0826. The molecule has 2 aromatic carbocycles. The first-order valence-corrected chi connectivity index (χ1v) is 11.1. The molecule has 0 radical (unpaired) electrons. The van der Waals surface area contributed by atoms with Gasteiger partial charge in [0.15, 0.2) is 0 Å². The van der Waals surface area contributed by atoms with Gasteiger partial charge in [-0.3, -0.25) is 4.79 Å². The van der Waals surface area contributed by atoms with E-state index in [9.17, 15) is 13.2 Å². The summed E-state index contributed by atoms with van der Waals surface area (Å²) in [5, 5.41) is 3.83. The minimum atomic E-state index is -3.89. The molecule has 0 fully saturated rings. The predicted octanol–water partition coefficient (Wildman–Crippen LogP) is 2.22. The van der Waals surface area contributed by atoms with Gasteiger partial charge in [0.05, 0.1) is 11.4 Å². The smallest absolute Gasteiger partial charge is 0.241 e. The molecule has 1 aromatic heterocycles. The first-order chi connectivity index (χ1) is 14.3. The topological polar surface area (TPSA) is 105 Å². The summed E-state index contributed by atoms with van der Waals surface area (Å²) < 4.78 is 33.2. The lowest BCUT2D eigenvalue weighted by Gasteiger charge is -2.29. The van der Waals surface area contributed by atoms with Gasteiger partial charge in [0.2, 0.25) is 27.6 Å². The standard InChI is InChI=1S/C21H22N4O4S/c1-14-7-8-17(21-23-15(2)29-24-21)11-19(14)30(27,28)22-12-20(26)25-10-9-16-5-3-4-6-18(16)13-25/h3-8,11,22H,9-10,12-13H2,1-2H3. The second-order valence-corrected chi connectivity index (χ2v) is 9.01. The fourth-order valence-corrected chi connectivity index (χ4v) is 4.74. The lowest BCUT2D eigenvalue weighted by Crippen LogP contribution is -2.42. The number of nitrogens with zero attached hydrogens (tertiary/aromatic N) is 3. The molecular formula is C21H22N4O4S. The van der Waals surface area contributed by atoms with Gasteiger partial charge in [0.25, 0.3) is 0 Å². The third kappa shape index (κ3) is 4.12. The highest BCUT2D eigenvalue weighted by Crippen LogP contribution is 2.23. The number of hydrogen-bond acceptors (Lipinski definition) is 6. The number of sulfonamides is 1. The molecule has 2 heterocycles. The van der Waals surface area contributed by atoms with E-state index >= 15 is 0 Å². The van der Waals surface area contributed by atoms with E-state index in [1.807, 2.05) is 18.2 Å². The fraction of sp³-hybridized carbons (Fsp3) is 0.286. The number of amides is 1. The van der Waals surface area contributed by atoms with E-state index in [1.165, 1.54) is 11.6 Å². The number of aromatic nitrogens is 2. The Morgan fingerprint density at radius 3 is 2.67 bits per heavy atom. The molecule has 30 heavy (non-hydrogen) atoms. The molecule has 1 N–H and O–H groups in total. The summed E-state index contributed by atoms with van der Waals surface area (Å²) >= 11 is 0. The van der Waals surface area contributed by atoms with Crippen LogP contribution in [0.15, 0.2) is 51.9 Å². The Bertz CT molecular complexity index is 1200. The van der Waals surface area contributed by atoms with Crippen molar-refractivity contribution in [3.8, 4) is 11.4 Å². The molecule has 0 unspecified atom stereocenters. The van der Waals surface area contributed by atoms with E-state index in [0.717, 1.165) is 12.0 Å². The van der Waals surface area contributed by atoms with Gasteiger partial charge in [-0.2, -0.15) is 4.98 Å². The molecule has 0 saturated heterocycles. The van der Waals surface area contributed by atoms with Crippen LogP contribution in [0, 0.1) is 13.8 Å². The van der Waals surface area contributed by atoms with Crippen molar-refractivity contribution >= 4 is 15.9 Å². The van der Waals surface area contributed by atoms with Gasteiger partial charge >= 0.3 is 0 Å². The van der Waals surface area contributed by atoms with E-state index in [-0.39, 0.29) is 17.3 Å². The Balaban J connectivity index is 1.48. The monoisotopic (exact) mass is 426 g/mol. The largest absolute Gasteiger partial charge is 0.339 e. The van der Waals surface area contributed by atoms with Gasteiger partial charge in [0.1, 0.15) is 0 Å². The molecule has 0 atom stereocenters. The number of aryl methyl sites for hydroxylation is 2. The van der Waals surface area contributed by atoms with Crippen LogP contribution in [0.5, 0.6) is 0 Å². The molecule has 0 aliphatic carbocycles. The maximum Gasteiger partial charge on any atom is 0.241 e. The summed E-state index contributed by atoms with van der Waals surface area (Å²) in [6.07, 6.45) is 0.764. The summed E-state index contributed by atoms with van der Waals surface area (Å²) in [5.74, 6) is 0.449. The van der Waals surface area contributed by atoms with Crippen molar-refractivity contribution in [2.45, 2.75) is 31.7 Å². The maximum atomic E-state index is 12.9. The molecule has 1 amide bonds. The second-order valence-electron chi connectivity index (χ2n) is 7.28. The van der Waals surface area contributed by atoms with Crippen LogP contribution < -0.4 is 4.72 Å². The van der Waals surface area contributed by atoms with Crippen LogP contribution in [0.2, 0.25) is 0 Å². The average Bonchev–Trinajstić information content (AvgIpc) is 3.18. The Labute approximate surface area is 175 Å². The first-order valence-electron chi connectivity index (χ1n) is 9.59. The van der Waals surface area contributed by atoms with Crippen molar-refractivity contribution in [1.29, 1.82) is 0 Å². The summed E-state index contributed by atoms with van der Waals surface area (Å²) in [6, 6.07) is 12.9.